The molecule has 3 N–H and O–H groups in total. The number of nitrogens with zero attached hydrogens (tertiary/aromatic N) is 1. The van der Waals surface area contributed by atoms with Crippen LogP contribution in [-0.2, 0) is 13.0 Å². The number of benzene rings is 2. The van der Waals surface area contributed by atoms with Crippen molar-refractivity contribution in [2.45, 2.75) is 32.9 Å². The summed E-state index contributed by atoms with van der Waals surface area (Å²) in [7, 11) is 1.69. The summed E-state index contributed by atoms with van der Waals surface area (Å²) in [6.45, 7) is 4.61. The molecule has 2 aromatic carbocycles. The number of aryl methyl sites for hydroxylation is 1. The molecule has 0 heterocycles. The number of phenolic OH excluding ortho intramolecular Hbond substituents is 1. The highest BCUT2D eigenvalue weighted by Gasteiger charge is 2.08. The van der Waals surface area contributed by atoms with Crippen molar-refractivity contribution in [3.8, 4) is 5.75 Å². The predicted molar refractivity (Wildman–Crippen MR) is 111 cm³/mol. The Morgan fingerprint density at radius 2 is 1.80 bits per heavy atom. The summed E-state index contributed by atoms with van der Waals surface area (Å²) in [4.78, 5) is 4.19. The zero-order valence-electron chi connectivity index (χ0n) is 14.7. The van der Waals surface area contributed by atoms with Crippen LogP contribution >= 0.6 is 24.0 Å². The number of phenols is 1. The first-order chi connectivity index (χ1) is 11.5. The number of guanidine groups is 1. The zero-order chi connectivity index (χ0) is 17.5. The maximum absolute atomic E-state index is 13.4. The van der Waals surface area contributed by atoms with E-state index in [-0.39, 0.29) is 35.8 Å². The van der Waals surface area contributed by atoms with E-state index in [1.165, 1.54) is 23.3 Å². The summed E-state index contributed by atoms with van der Waals surface area (Å²) in [6, 6.07) is 12.9. The van der Waals surface area contributed by atoms with Crippen molar-refractivity contribution < 1.29 is 9.50 Å². The number of halogens is 2. The van der Waals surface area contributed by atoms with E-state index in [0.29, 0.717) is 12.5 Å². The fraction of sp³-hybridized carbons (Fsp3) is 0.316. The van der Waals surface area contributed by atoms with Crippen molar-refractivity contribution in [3.05, 3.63) is 65.0 Å². The summed E-state index contributed by atoms with van der Waals surface area (Å²) in [5.41, 5.74) is 3.21. The van der Waals surface area contributed by atoms with Gasteiger partial charge in [0.25, 0.3) is 0 Å². The molecule has 1 unspecified atom stereocenters. The highest BCUT2D eigenvalue weighted by molar-refractivity contribution is 14.0. The lowest BCUT2D eigenvalue weighted by atomic mass is 10.1. The number of aliphatic imine (C=N–C) groups is 1. The van der Waals surface area contributed by atoms with Crippen molar-refractivity contribution in [2.75, 3.05) is 7.05 Å². The Balaban J connectivity index is 0.00000312. The maximum atomic E-state index is 13.4. The topological polar surface area (TPSA) is 56.7 Å². The van der Waals surface area contributed by atoms with Gasteiger partial charge in [-0.2, -0.15) is 0 Å². The van der Waals surface area contributed by atoms with Gasteiger partial charge in [0.05, 0.1) is 6.04 Å². The highest BCUT2D eigenvalue weighted by Crippen LogP contribution is 2.16. The normalized spacial score (nSPS) is 12.2. The van der Waals surface area contributed by atoms with E-state index in [9.17, 15) is 9.50 Å². The second-order valence-electron chi connectivity index (χ2n) is 5.67. The molecule has 6 heteroatoms. The Hall–Kier alpha value is -1.83. The van der Waals surface area contributed by atoms with Gasteiger partial charge in [0, 0.05) is 13.6 Å². The minimum Gasteiger partial charge on any atom is -0.505 e. The fourth-order valence-electron chi connectivity index (χ4n) is 2.37. The third kappa shape index (κ3) is 6.19. The van der Waals surface area contributed by atoms with Gasteiger partial charge in [-0.25, -0.2) is 4.39 Å². The van der Waals surface area contributed by atoms with Crippen LogP contribution in [0.1, 0.15) is 36.6 Å². The van der Waals surface area contributed by atoms with Crippen molar-refractivity contribution in [2.24, 2.45) is 4.99 Å². The molecule has 0 saturated heterocycles. The van der Waals surface area contributed by atoms with Gasteiger partial charge in [-0.15, -0.1) is 24.0 Å². The van der Waals surface area contributed by atoms with Crippen LogP contribution in [0, 0.1) is 5.82 Å². The number of nitrogens with one attached hydrogen (secondary N) is 2. The SMILES string of the molecule is CCc1ccc(C(C)NC(=NC)NCc2ccc(O)c(F)c2)cc1.I. The molecule has 0 aromatic heterocycles. The third-order valence-corrected chi connectivity index (χ3v) is 3.94. The molecule has 0 fully saturated rings. The van der Waals surface area contributed by atoms with Crippen molar-refractivity contribution in [1.29, 1.82) is 0 Å². The summed E-state index contributed by atoms with van der Waals surface area (Å²) in [5, 5.41) is 15.7. The van der Waals surface area contributed by atoms with Crippen LogP contribution in [0.5, 0.6) is 5.75 Å². The van der Waals surface area contributed by atoms with Crippen LogP contribution < -0.4 is 10.6 Å². The van der Waals surface area contributed by atoms with E-state index in [1.807, 2.05) is 0 Å². The lowest BCUT2D eigenvalue weighted by Crippen LogP contribution is -2.38. The van der Waals surface area contributed by atoms with Crippen molar-refractivity contribution in [1.82, 2.24) is 10.6 Å². The molecule has 0 amide bonds. The molecule has 0 saturated carbocycles. The van der Waals surface area contributed by atoms with Crippen LogP contribution in [0.25, 0.3) is 0 Å². The van der Waals surface area contributed by atoms with Crippen LogP contribution in [0.3, 0.4) is 0 Å². The molecule has 0 aliphatic carbocycles. The van der Waals surface area contributed by atoms with Crippen molar-refractivity contribution in [3.63, 3.8) is 0 Å². The minimum absolute atomic E-state index is 0. The average molecular weight is 457 g/mol. The van der Waals surface area contributed by atoms with Crippen molar-refractivity contribution >= 4 is 29.9 Å². The number of aromatic hydroxyl groups is 1. The van der Waals surface area contributed by atoms with Crippen LogP contribution in [-0.4, -0.2) is 18.1 Å². The Kier molecular flexibility index (Phi) is 8.68. The van der Waals surface area contributed by atoms with Gasteiger partial charge < -0.3 is 15.7 Å². The molecule has 0 aliphatic heterocycles. The predicted octanol–water partition coefficient (Wildman–Crippen LogP) is 4.14. The van der Waals surface area contributed by atoms with Crippen LogP contribution in [0.15, 0.2) is 47.5 Å². The third-order valence-electron chi connectivity index (χ3n) is 3.94. The fourth-order valence-corrected chi connectivity index (χ4v) is 2.37. The van der Waals surface area contributed by atoms with Gasteiger partial charge in [0.1, 0.15) is 0 Å². The van der Waals surface area contributed by atoms with Gasteiger partial charge in [-0.05, 0) is 42.2 Å². The van der Waals surface area contributed by atoms with Crippen LogP contribution in [0.2, 0.25) is 0 Å². The number of rotatable bonds is 5. The van der Waals surface area contributed by atoms with Gasteiger partial charge in [-0.3, -0.25) is 4.99 Å². The Morgan fingerprint density at radius 3 is 2.36 bits per heavy atom. The Labute approximate surface area is 165 Å². The molecule has 4 nitrogen and oxygen atoms in total. The smallest absolute Gasteiger partial charge is 0.191 e. The van der Waals surface area contributed by atoms with E-state index < -0.39 is 5.82 Å². The first kappa shape index (κ1) is 21.2. The second-order valence-corrected chi connectivity index (χ2v) is 5.67. The lowest BCUT2D eigenvalue weighted by molar-refractivity contribution is 0.431. The maximum Gasteiger partial charge on any atom is 0.191 e. The average Bonchev–Trinajstić information content (AvgIpc) is 2.61. The second kappa shape index (κ2) is 10.2. The van der Waals surface area contributed by atoms with E-state index >= 15 is 0 Å². The molecule has 2 rings (SSSR count). The van der Waals surface area contributed by atoms with E-state index in [1.54, 1.807) is 13.1 Å². The summed E-state index contributed by atoms with van der Waals surface area (Å²) < 4.78 is 13.4. The first-order valence-electron chi connectivity index (χ1n) is 8.07. The monoisotopic (exact) mass is 457 g/mol. The van der Waals surface area contributed by atoms with Gasteiger partial charge >= 0.3 is 0 Å². The first-order valence-corrected chi connectivity index (χ1v) is 8.07. The largest absolute Gasteiger partial charge is 0.505 e. The van der Waals surface area contributed by atoms with Gasteiger partial charge in [-0.1, -0.05) is 37.3 Å². The van der Waals surface area contributed by atoms with Crippen LogP contribution in [0.4, 0.5) is 4.39 Å². The molecule has 0 bridgehead atoms. The number of hydrogen-bond acceptors (Lipinski definition) is 2. The number of hydrogen-bond donors (Lipinski definition) is 3. The summed E-state index contributed by atoms with van der Waals surface area (Å²) in [6.07, 6.45) is 1.02. The lowest BCUT2D eigenvalue weighted by Gasteiger charge is -2.18. The molecular formula is C19H25FIN3O. The Bertz CT molecular complexity index is 704. The Morgan fingerprint density at radius 1 is 1.16 bits per heavy atom. The van der Waals surface area contributed by atoms with E-state index in [0.717, 1.165) is 12.0 Å². The highest BCUT2D eigenvalue weighted by atomic mass is 127. The molecule has 136 valence electrons. The van der Waals surface area contributed by atoms with Gasteiger partial charge in [0.15, 0.2) is 17.5 Å². The minimum atomic E-state index is -0.623. The summed E-state index contributed by atoms with van der Waals surface area (Å²) >= 11 is 0. The molecule has 0 radical (unpaired) electrons. The quantitative estimate of drug-likeness (QED) is 0.360. The molecule has 2 aromatic rings. The van der Waals surface area contributed by atoms with E-state index in [4.69, 9.17) is 0 Å². The molecule has 25 heavy (non-hydrogen) atoms. The standard InChI is InChI=1S/C19H24FN3O.HI/c1-4-14-5-8-16(9-6-14)13(2)23-19(21-3)22-12-15-7-10-18(24)17(20)11-15;/h5-11,13,24H,4,12H2,1-3H3,(H2,21,22,23);1H. The molecule has 1 atom stereocenters. The molecule has 0 spiro atoms. The molecule has 0 aliphatic rings. The van der Waals surface area contributed by atoms with Gasteiger partial charge in [0.2, 0.25) is 0 Å². The zero-order valence-corrected chi connectivity index (χ0v) is 17.0. The van der Waals surface area contributed by atoms with E-state index in [2.05, 4.69) is 53.7 Å². The summed E-state index contributed by atoms with van der Waals surface area (Å²) in [5.74, 6) is -0.331. The molecular weight excluding hydrogens is 432 g/mol.